The van der Waals surface area contributed by atoms with Gasteiger partial charge in [-0.2, -0.15) is 0 Å². The van der Waals surface area contributed by atoms with Crippen LogP contribution in [-0.4, -0.2) is 24.5 Å². The van der Waals surface area contributed by atoms with Crippen LogP contribution >= 0.6 is 23.7 Å². The summed E-state index contributed by atoms with van der Waals surface area (Å²) >= 11 is 1.60. The van der Waals surface area contributed by atoms with Crippen LogP contribution in [0, 0.1) is 5.92 Å². The highest BCUT2D eigenvalue weighted by Gasteiger charge is 2.12. The molecule has 1 atom stereocenters. The number of rotatable bonds is 6. The van der Waals surface area contributed by atoms with Crippen molar-refractivity contribution in [3.8, 4) is 10.6 Å². The Bertz CT molecular complexity index is 559. The fourth-order valence-corrected chi connectivity index (χ4v) is 2.68. The number of hydrogen-bond donors (Lipinski definition) is 2. The number of benzene rings is 1. The summed E-state index contributed by atoms with van der Waals surface area (Å²) in [5.41, 5.74) is 2.01. The molecule has 2 N–H and O–H groups in total. The number of nitrogens with one attached hydrogen (secondary N) is 2. The molecule has 1 unspecified atom stereocenters. The third kappa shape index (κ3) is 5.12. The Labute approximate surface area is 135 Å². The van der Waals surface area contributed by atoms with Gasteiger partial charge in [0.2, 0.25) is 5.91 Å². The molecular formula is C15H20ClN3OS. The molecule has 1 amide bonds. The van der Waals surface area contributed by atoms with Gasteiger partial charge in [0.15, 0.2) is 0 Å². The summed E-state index contributed by atoms with van der Waals surface area (Å²) in [6.07, 6.45) is 0. The first-order chi connectivity index (χ1) is 9.70. The van der Waals surface area contributed by atoms with Crippen LogP contribution in [0.15, 0.2) is 35.7 Å². The Hall–Kier alpha value is -1.43. The minimum Gasteiger partial charge on any atom is -0.350 e. The van der Waals surface area contributed by atoms with Crippen LogP contribution in [0.5, 0.6) is 0 Å². The van der Waals surface area contributed by atoms with Gasteiger partial charge in [-0.3, -0.25) is 4.79 Å². The van der Waals surface area contributed by atoms with Gasteiger partial charge in [0, 0.05) is 23.4 Å². The Morgan fingerprint density at radius 2 is 2.05 bits per heavy atom. The lowest BCUT2D eigenvalue weighted by atomic mass is 10.1. The number of carbonyl (C=O) groups is 1. The molecule has 0 spiro atoms. The third-order valence-electron chi connectivity index (χ3n) is 2.97. The molecule has 2 rings (SSSR count). The molecule has 0 aliphatic carbocycles. The summed E-state index contributed by atoms with van der Waals surface area (Å²) in [4.78, 5) is 16.4. The maximum absolute atomic E-state index is 11.8. The predicted molar refractivity (Wildman–Crippen MR) is 89.7 cm³/mol. The fourth-order valence-electron chi connectivity index (χ4n) is 1.85. The van der Waals surface area contributed by atoms with Gasteiger partial charge in [-0.15, -0.1) is 23.7 Å². The van der Waals surface area contributed by atoms with Crippen LogP contribution in [0.25, 0.3) is 10.6 Å². The molecule has 0 aliphatic rings. The van der Waals surface area contributed by atoms with E-state index in [4.69, 9.17) is 0 Å². The normalized spacial score (nSPS) is 11.5. The molecular weight excluding hydrogens is 306 g/mol. The number of hydrogen-bond acceptors (Lipinski definition) is 4. The molecule has 1 aromatic carbocycles. The quantitative estimate of drug-likeness (QED) is 0.858. The van der Waals surface area contributed by atoms with Gasteiger partial charge in [0.25, 0.3) is 0 Å². The van der Waals surface area contributed by atoms with Crippen LogP contribution < -0.4 is 10.6 Å². The SMILES string of the molecule is CNCC(C)C(=O)NCc1csc(-c2ccccc2)n1.Cl. The molecule has 1 aromatic heterocycles. The van der Waals surface area contributed by atoms with E-state index in [1.54, 1.807) is 11.3 Å². The molecule has 1 heterocycles. The van der Waals surface area contributed by atoms with Crippen LogP contribution in [-0.2, 0) is 11.3 Å². The van der Waals surface area contributed by atoms with E-state index in [2.05, 4.69) is 15.6 Å². The number of nitrogens with zero attached hydrogens (tertiary/aromatic N) is 1. The minimum absolute atomic E-state index is 0. The van der Waals surface area contributed by atoms with Crippen molar-refractivity contribution in [3.63, 3.8) is 0 Å². The summed E-state index contributed by atoms with van der Waals surface area (Å²) < 4.78 is 0. The third-order valence-corrected chi connectivity index (χ3v) is 3.91. The number of thiazole rings is 1. The van der Waals surface area contributed by atoms with Crippen molar-refractivity contribution in [2.75, 3.05) is 13.6 Å². The molecule has 0 bridgehead atoms. The van der Waals surface area contributed by atoms with E-state index in [9.17, 15) is 4.79 Å². The van der Waals surface area contributed by atoms with Crippen molar-refractivity contribution in [3.05, 3.63) is 41.4 Å². The predicted octanol–water partition coefficient (Wildman–Crippen LogP) is 2.70. The zero-order valence-electron chi connectivity index (χ0n) is 12.1. The van der Waals surface area contributed by atoms with Gasteiger partial charge >= 0.3 is 0 Å². The second-order valence-corrected chi connectivity index (χ2v) is 5.54. The smallest absolute Gasteiger partial charge is 0.224 e. The largest absolute Gasteiger partial charge is 0.350 e. The first kappa shape index (κ1) is 17.6. The summed E-state index contributed by atoms with van der Waals surface area (Å²) in [6.45, 7) is 3.07. The summed E-state index contributed by atoms with van der Waals surface area (Å²) in [7, 11) is 1.84. The van der Waals surface area contributed by atoms with E-state index in [1.807, 2.05) is 49.7 Å². The van der Waals surface area contributed by atoms with Gasteiger partial charge in [-0.25, -0.2) is 4.98 Å². The number of amides is 1. The van der Waals surface area contributed by atoms with E-state index >= 15 is 0 Å². The van der Waals surface area contributed by atoms with Crippen LogP contribution in [0.1, 0.15) is 12.6 Å². The van der Waals surface area contributed by atoms with Gasteiger partial charge in [0.05, 0.1) is 12.2 Å². The Morgan fingerprint density at radius 3 is 2.71 bits per heavy atom. The summed E-state index contributed by atoms with van der Waals surface area (Å²) in [5.74, 6) is 0.0147. The second-order valence-electron chi connectivity index (χ2n) is 4.69. The average molecular weight is 326 g/mol. The lowest BCUT2D eigenvalue weighted by Crippen LogP contribution is -2.33. The second kappa shape index (κ2) is 8.77. The molecule has 114 valence electrons. The highest BCUT2D eigenvalue weighted by molar-refractivity contribution is 7.13. The molecule has 0 radical (unpaired) electrons. The molecule has 0 aliphatic heterocycles. The minimum atomic E-state index is -0.0350. The zero-order valence-corrected chi connectivity index (χ0v) is 13.8. The van der Waals surface area contributed by atoms with Gasteiger partial charge in [-0.05, 0) is 7.05 Å². The van der Waals surface area contributed by atoms with Crippen LogP contribution in [0.4, 0.5) is 0 Å². The first-order valence-corrected chi connectivity index (χ1v) is 7.51. The molecule has 2 aromatic rings. The van der Waals surface area contributed by atoms with Gasteiger partial charge in [0.1, 0.15) is 5.01 Å². The van der Waals surface area contributed by atoms with Crippen LogP contribution in [0.2, 0.25) is 0 Å². The van der Waals surface area contributed by atoms with E-state index in [-0.39, 0.29) is 24.2 Å². The van der Waals surface area contributed by atoms with E-state index in [1.165, 1.54) is 0 Å². The molecule has 4 nitrogen and oxygen atoms in total. The highest BCUT2D eigenvalue weighted by Crippen LogP contribution is 2.23. The standard InChI is InChI=1S/C15H19N3OS.ClH/c1-11(8-16-2)14(19)17-9-13-10-20-15(18-13)12-6-4-3-5-7-12;/h3-7,10-11,16H,8-9H2,1-2H3,(H,17,19);1H. The lowest BCUT2D eigenvalue weighted by Gasteiger charge is -2.10. The van der Waals surface area contributed by atoms with Crippen molar-refractivity contribution in [1.82, 2.24) is 15.6 Å². The number of carbonyl (C=O) groups excluding carboxylic acids is 1. The Morgan fingerprint density at radius 1 is 1.33 bits per heavy atom. The fraction of sp³-hybridized carbons (Fsp3) is 0.333. The van der Waals surface area contributed by atoms with Crippen molar-refractivity contribution in [2.24, 2.45) is 5.92 Å². The molecule has 0 fully saturated rings. The van der Waals surface area contributed by atoms with Crippen LogP contribution in [0.3, 0.4) is 0 Å². The van der Waals surface area contributed by atoms with Crippen molar-refractivity contribution in [2.45, 2.75) is 13.5 Å². The molecule has 0 saturated heterocycles. The molecule has 6 heteroatoms. The molecule has 0 saturated carbocycles. The van der Waals surface area contributed by atoms with Gasteiger partial charge < -0.3 is 10.6 Å². The maximum Gasteiger partial charge on any atom is 0.224 e. The maximum atomic E-state index is 11.8. The average Bonchev–Trinajstić information content (AvgIpc) is 2.95. The van der Waals surface area contributed by atoms with Gasteiger partial charge in [-0.1, -0.05) is 37.3 Å². The topological polar surface area (TPSA) is 54.0 Å². The Kier molecular flexibility index (Phi) is 7.36. The van der Waals surface area contributed by atoms with E-state index in [0.29, 0.717) is 13.1 Å². The summed E-state index contributed by atoms with van der Waals surface area (Å²) in [6, 6.07) is 10.1. The summed E-state index contributed by atoms with van der Waals surface area (Å²) in [5, 5.41) is 8.89. The number of halogens is 1. The van der Waals surface area contributed by atoms with Crippen molar-refractivity contribution >= 4 is 29.7 Å². The highest BCUT2D eigenvalue weighted by atomic mass is 35.5. The monoisotopic (exact) mass is 325 g/mol. The number of aromatic nitrogens is 1. The molecule has 21 heavy (non-hydrogen) atoms. The zero-order chi connectivity index (χ0) is 14.4. The lowest BCUT2D eigenvalue weighted by molar-refractivity contribution is -0.124. The van der Waals surface area contributed by atoms with Crippen molar-refractivity contribution < 1.29 is 4.79 Å². The van der Waals surface area contributed by atoms with Crippen molar-refractivity contribution in [1.29, 1.82) is 0 Å². The van der Waals surface area contributed by atoms with E-state index < -0.39 is 0 Å². The first-order valence-electron chi connectivity index (χ1n) is 6.63. The van der Waals surface area contributed by atoms with E-state index in [0.717, 1.165) is 16.3 Å². The Balaban J connectivity index is 0.00000220.